The van der Waals surface area contributed by atoms with Crippen molar-refractivity contribution in [1.82, 2.24) is 9.96 Å². The van der Waals surface area contributed by atoms with Crippen molar-refractivity contribution in [2.75, 3.05) is 20.7 Å². The summed E-state index contributed by atoms with van der Waals surface area (Å²) in [7, 11) is 2.87. The van der Waals surface area contributed by atoms with E-state index in [4.69, 9.17) is 9.57 Å². The first-order valence-electron chi connectivity index (χ1n) is 7.19. The van der Waals surface area contributed by atoms with Crippen LogP contribution in [0.25, 0.3) is 0 Å². The Balaban J connectivity index is 2.76. The summed E-state index contributed by atoms with van der Waals surface area (Å²) in [5, 5.41) is 1.07. The van der Waals surface area contributed by atoms with Gasteiger partial charge in [-0.15, -0.1) is 5.92 Å². The van der Waals surface area contributed by atoms with E-state index in [9.17, 15) is 9.59 Å². The summed E-state index contributed by atoms with van der Waals surface area (Å²) < 4.78 is 5.28. The van der Waals surface area contributed by atoms with Gasteiger partial charge in [0, 0.05) is 7.05 Å². The quantitative estimate of drug-likeness (QED) is 0.595. The third kappa shape index (κ3) is 5.64. The molecular weight excluding hydrogens is 296 g/mol. The van der Waals surface area contributed by atoms with Crippen LogP contribution in [0.15, 0.2) is 30.3 Å². The van der Waals surface area contributed by atoms with Crippen molar-refractivity contribution in [2.45, 2.75) is 26.5 Å². The highest BCUT2D eigenvalue weighted by atomic mass is 16.7. The van der Waals surface area contributed by atoms with Crippen molar-refractivity contribution in [3.8, 4) is 11.8 Å². The fraction of sp³-hybridized carbons (Fsp3) is 0.412. The van der Waals surface area contributed by atoms with Gasteiger partial charge in [0.25, 0.3) is 5.91 Å². The summed E-state index contributed by atoms with van der Waals surface area (Å²) >= 11 is 0. The number of carbonyl (C=O) groups excluding carboxylic acids is 2. The maximum absolute atomic E-state index is 12.3. The smallest absolute Gasteiger partial charge is 0.411 e. The van der Waals surface area contributed by atoms with Crippen molar-refractivity contribution >= 4 is 12.0 Å². The van der Waals surface area contributed by atoms with Gasteiger partial charge in [-0.2, -0.15) is 0 Å². The maximum Gasteiger partial charge on any atom is 0.411 e. The Morgan fingerprint density at radius 3 is 2.48 bits per heavy atom. The van der Waals surface area contributed by atoms with Crippen LogP contribution in [0, 0.1) is 11.8 Å². The summed E-state index contributed by atoms with van der Waals surface area (Å²) in [6.45, 7) is 3.52. The Bertz CT molecular complexity index is 577. The number of ether oxygens (including phenoxy) is 1. The first-order chi connectivity index (χ1) is 11.0. The predicted octanol–water partition coefficient (Wildman–Crippen LogP) is 2.06. The number of nitrogens with zero attached hydrogens (tertiary/aromatic N) is 2. The molecule has 1 aromatic carbocycles. The zero-order valence-corrected chi connectivity index (χ0v) is 13.9. The number of rotatable bonds is 6. The number of hydrogen-bond acceptors (Lipinski definition) is 4. The molecule has 0 heterocycles. The lowest BCUT2D eigenvalue weighted by molar-refractivity contribution is -0.173. The molecule has 0 aliphatic carbocycles. The molecule has 23 heavy (non-hydrogen) atoms. The van der Waals surface area contributed by atoms with E-state index >= 15 is 0 Å². The Morgan fingerprint density at radius 2 is 1.91 bits per heavy atom. The predicted molar refractivity (Wildman–Crippen MR) is 86.0 cm³/mol. The molecule has 0 spiro atoms. The SMILES string of the molecule is CC#CCN(C(=O)OCc1ccccc1)[C@H](C)C(=O)N(C)OC. The zero-order chi connectivity index (χ0) is 17.2. The van der Waals surface area contributed by atoms with Crippen LogP contribution in [0.4, 0.5) is 4.79 Å². The van der Waals surface area contributed by atoms with Gasteiger partial charge in [0.2, 0.25) is 0 Å². The van der Waals surface area contributed by atoms with Crippen LogP contribution in [0.5, 0.6) is 0 Å². The van der Waals surface area contributed by atoms with Crippen molar-refractivity contribution in [3.05, 3.63) is 35.9 Å². The van der Waals surface area contributed by atoms with Crippen molar-refractivity contribution < 1.29 is 19.2 Å². The van der Waals surface area contributed by atoms with E-state index in [0.717, 1.165) is 10.6 Å². The van der Waals surface area contributed by atoms with Crippen LogP contribution in [0.3, 0.4) is 0 Å². The van der Waals surface area contributed by atoms with Gasteiger partial charge in [-0.05, 0) is 19.4 Å². The van der Waals surface area contributed by atoms with Gasteiger partial charge in [0.15, 0.2) is 0 Å². The lowest BCUT2D eigenvalue weighted by Crippen LogP contribution is -2.48. The van der Waals surface area contributed by atoms with E-state index in [0.29, 0.717) is 0 Å². The molecule has 0 unspecified atom stereocenters. The first-order valence-corrected chi connectivity index (χ1v) is 7.19. The Morgan fingerprint density at radius 1 is 1.26 bits per heavy atom. The molecule has 0 aliphatic rings. The number of amides is 2. The summed E-state index contributed by atoms with van der Waals surface area (Å²) in [6.07, 6.45) is -0.595. The average Bonchev–Trinajstić information content (AvgIpc) is 2.59. The molecule has 2 amide bonds. The van der Waals surface area contributed by atoms with Gasteiger partial charge in [0.05, 0.1) is 13.7 Å². The van der Waals surface area contributed by atoms with Crippen LogP contribution in [-0.2, 0) is 21.0 Å². The highest BCUT2D eigenvalue weighted by Crippen LogP contribution is 2.08. The highest BCUT2D eigenvalue weighted by molar-refractivity contribution is 5.84. The van der Waals surface area contributed by atoms with Gasteiger partial charge in [-0.1, -0.05) is 36.3 Å². The molecule has 6 nitrogen and oxygen atoms in total. The highest BCUT2D eigenvalue weighted by Gasteiger charge is 2.29. The molecule has 1 atom stereocenters. The number of likely N-dealkylation sites (N-methyl/N-ethyl adjacent to an activating group) is 1. The van der Waals surface area contributed by atoms with Crippen molar-refractivity contribution in [3.63, 3.8) is 0 Å². The molecule has 0 saturated carbocycles. The topological polar surface area (TPSA) is 59.1 Å². The largest absolute Gasteiger partial charge is 0.445 e. The molecule has 0 N–H and O–H groups in total. The average molecular weight is 318 g/mol. The molecule has 0 bridgehead atoms. The van der Waals surface area contributed by atoms with E-state index in [1.165, 1.54) is 19.1 Å². The summed E-state index contributed by atoms with van der Waals surface area (Å²) in [5.74, 6) is 5.13. The molecular formula is C17H22N2O4. The van der Waals surface area contributed by atoms with Crippen LogP contribution < -0.4 is 0 Å². The van der Waals surface area contributed by atoms with Gasteiger partial charge >= 0.3 is 6.09 Å². The van der Waals surface area contributed by atoms with E-state index in [2.05, 4.69) is 11.8 Å². The van der Waals surface area contributed by atoms with Crippen LogP contribution in [-0.4, -0.2) is 48.7 Å². The normalized spacial score (nSPS) is 11.0. The monoisotopic (exact) mass is 318 g/mol. The minimum atomic E-state index is -0.746. The summed E-state index contributed by atoms with van der Waals surface area (Å²) in [6, 6.07) is 8.58. The second-order valence-electron chi connectivity index (χ2n) is 4.79. The Labute approximate surface area is 136 Å². The fourth-order valence-electron chi connectivity index (χ4n) is 1.81. The number of benzene rings is 1. The number of carbonyl (C=O) groups is 2. The molecule has 1 rings (SSSR count). The molecule has 0 aliphatic heterocycles. The van der Waals surface area contributed by atoms with Crippen LogP contribution in [0.2, 0.25) is 0 Å². The maximum atomic E-state index is 12.3. The molecule has 0 fully saturated rings. The van der Waals surface area contributed by atoms with Crippen molar-refractivity contribution in [1.29, 1.82) is 0 Å². The minimum Gasteiger partial charge on any atom is -0.445 e. The van der Waals surface area contributed by atoms with Crippen LogP contribution in [0.1, 0.15) is 19.4 Å². The standard InChI is InChI=1S/C17H22N2O4/c1-5-6-12-19(14(2)16(20)18(3)22-4)17(21)23-13-15-10-8-7-9-11-15/h7-11,14H,12-13H2,1-4H3/t14-/m1/s1. The van der Waals surface area contributed by atoms with Gasteiger partial charge in [0.1, 0.15) is 12.6 Å². The third-order valence-electron chi connectivity index (χ3n) is 3.27. The van der Waals surface area contributed by atoms with Gasteiger partial charge < -0.3 is 4.74 Å². The number of hydrogen-bond donors (Lipinski definition) is 0. The van der Waals surface area contributed by atoms with E-state index in [1.54, 1.807) is 13.8 Å². The number of hydroxylamine groups is 2. The summed E-state index contributed by atoms with van der Waals surface area (Å²) in [5.41, 5.74) is 0.871. The molecule has 0 radical (unpaired) electrons. The molecule has 6 heteroatoms. The fourth-order valence-corrected chi connectivity index (χ4v) is 1.81. The molecule has 1 aromatic rings. The minimum absolute atomic E-state index is 0.106. The first kappa shape index (κ1) is 18.5. The van der Waals surface area contributed by atoms with Gasteiger partial charge in [-0.3, -0.25) is 14.5 Å². The van der Waals surface area contributed by atoms with Crippen LogP contribution >= 0.6 is 0 Å². The molecule has 124 valence electrons. The third-order valence-corrected chi connectivity index (χ3v) is 3.27. The second kappa shape index (κ2) is 9.49. The second-order valence-corrected chi connectivity index (χ2v) is 4.79. The lowest BCUT2D eigenvalue weighted by atomic mass is 10.2. The molecule has 0 aromatic heterocycles. The van der Waals surface area contributed by atoms with Crippen molar-refractivity contribution in [2.24, 2.45) is 0 Å². The van der Waals surface area contributed by atoms with E-state index in [1.807, 2.05) is 30.3 Å². The van der Waals surface area contributed by atoms with Gasteiger partial charge in [-0.25, -0.2) is 9.86 Å². The van der Waals surface area contributed by atoms with E-state index in [-0.39, 0.29) is 19.1 Å². The van der Waals surface area contributed by atoms with E-state index < -0.39 is 12.1 Å². The summed E-state index contributed by atoms with van der Waals surface area (Å²) in [4.78, 5) is 30.6. The lowest BCUT2D eigenvalue weighted by Gasteiger charge is -2.28. The zero-order valence-electron chi connectivity index (χ0n) is 13.9. The molecule has 0 saturated heterocycles. The Kier molecular flexibility index (Phi) is 7.64. The Hall–Kier alpha value is -2.52.